The normalized spacial score (nSPS) is 15.0. The molecule has 1 aliphatic heterocycles. The predicted octanol–water partition coefficient (Wildman–Crippen LogP) is 2.79. The molecule has 4 rings (SSSR count). The third kappa shape index (κ3) is 6.45. The number of hydrogen-bond donors (Lipinski definition) is 2. The SMILES string of the molecule is CNCC(O)COc1cccc(-c2nc(-c3ccnc(OC)c3)cc(N(C)C3CCOCC3)n2)c1. The maximum Gasteiger partial charge on any atom is 0.213 e. The van der Waals surface area contributed by atoms with Crippen LogP contribution in [0.25, 0.3) is 22.6 Å². The second-order valence-corrected chi connectivity index (χ2v) is 8.53. The second kappa shape index (κ2) is 11.9. The van der Waals surface area contributed by atoms with Crippen LogP contribution in [0.1, 0.15) is 12.8 Å². The minimum absolute atomic E-state index is 0.194. The van der Waals surface area contributed by atoms with Crippen LogP contribution in [-0.4, -0.2) is 79.8 Å². The summed E-state index contributed by atoms with van der Waals surface area (Å²) in [7, 11) is 5.46. The molecule has 0 radical (unpaired) electrons. The zero-order chi connectivity index (χ0) is 24.6. The lowest BCUT2D eigenvalue weighted by molar-refractivity contribution is 0.0853. The van der Waals surface area contributed by atoms with Crippen molar-refractivity contribution < 1.29 is 19.3 Å². The van der Waals surface area contributed by atoms with Gasteiger partial charge in [-0.05, 0) is 38.1 Å². The molecular formula is C26H33N5O4. The zero-order valence-corrected chi connectivity index (χ0v) is 20.5. The number of aliphatic hydroxyl groups excluding tert-OH is 1. The van der Waals surface area contributed by atoms with Gasteiger partial charge in [-0.3, -0.25) is 0 Å². The number of rotatable bonds is 10. The van der Waals surface area contributed by atoms with E-state index >= 15 is 0 Å². The van der Waals surface area contributed by atoms with Gasteiger partial charge in [0.25, 0.3) is 0 Å². The number of anilines is 1. The third-order valence-electron chi connectivity index (χ3n) is 6.03. The summed E-state index contributed by atoms with van der Waals surface area (Å²) in [5.74, 6) is 2.60. The van der Waals surface area contributed by atoms with E-state index < -0.39 is 6.10 Å². The van der Waals surface area contributed by atoms with Crippen molar-refractivity contribution in [2.24, 2.45) is 0 Å². The average Bonchev–Trinajstić information content (AvgIpc) is 2.92. The summed E-state index contributed by atoms with van der Waals surface area (Å²) in [4.78, 5) is 16.2. The van der Waals surface area contributed by atoms with Gasteiger partial charge in [-0.1, -0.05) is 12.1 Å². The fourth-order valence-electron chi connectivity index (χ4n) is 4.04. The van der Waals surface area contributed by atoms with Gasteiger partial charge in [-0.25, -0.2) is 15.0 Å². The van der Waals surface area contributed by atoms with Crippen molar-refractivity contribution in [2.45, 2.75) is 25.0 Å². The standard InChI is InChI=1S/C26H33N5O4/c1-27-16-21(32)17-35-22-6-4-5-19(13-22)26-29-23(18-7-10-28-25(14-18)33-3)15-24(30-26)31(2)20-8-11-34-12-9-20/h4-7,10,13-15,20-21,27,32H,8-9,11-12,16-17H2,1-3H3. The summed E-state index contributed by atoms with van der Waals surface area (Å²) < 4.78 is 16.7. The number of benzene rings is 1. The Labute approximate surface area is 206 Å². The van der Waals surface area contributed by atoms with E-state index in [9.17, 15) is 5.11 Å². The molecule has 35 heavy (non-hydrogen) atoms. The third-order valence-corrected chi connectivity index (χ3v) is 6.03. The van der Waals surface area contributed by atoms with Crippen molar-refractivity contribution in [3.8, 4) is 34.3 Å². The highest BCUT2D eigenvalue weighted by Gasteiger charge is 2.21. The average molecular weight is 480 g/mol. The van der Waals surface area contributed by atoms with Crippen LogP contribution in [0.3, 0.4) is 0 Å². The Morgan fingerprint density at radius 3 is 2.74 bits per heavy atom. The molecule has 1 aliphatic rings. The number of methoxy groups -OCH3 is 1. The maximum atomic E-state index is 9.98. The molecule has 1 saturated heterocycles. The molecule has 0 aliphatic carbocycles. The highest BCUT2D eigenvalue weighted by molar-refractivity contribution is 5.69. The molecule has 0 bridgehead atoms. The minimum Gasteiger partial charge on any atom is -0.491 e. The summed E-state index contributed by atoms with van der Waals surface area (Å²) in [5.41, 5.74) is 2.50. The lowest BCUT2D eigenvalue weighted by Gasteiger charge is -2.32. The van der Waals surface area contributed by atoms with E-state index in [1.807, 2.05) is 42.5 Å². The molecule has 3 aromatic rings. The molecule has 9 heteroatoms. The first-order chi connectivity index (χ1) is 17.1. The summed E-state index contributed by atoms with van der Waals surface area (Å²) in [6, 6.07) is 13.8. The predicted molar refractivity (Wildman–Crippen MR) is 135 cm³/mol. The molecule has 186 valence electrons. The summed E-state index contributed by atoms with van der Waals surface area (Å²) in [5, 5.41) is 12.9. The van der Waals surface area contributed by atoms with Gasteiger partial charge in [-0.15, -0.1) is 0 Å². The maximum absolute atomic E-state index is 9.98. The number of nitrogens with zero attached hydrogens (tertiary/aromatic N) is 4. The first-order valence-corrected chi connectivity index (χ1v) is 11.8. The van der Waals surface area contributed by atoms with E-state index in [2.05, 4.69) is 22.2 Å². The van der Waals surface area contributed by atoms with Gasteiger partial charge in [0.05, 0.1) is 12.8 Å². The Morgan fingerprint density at radius 2 is 1.97 bits per heavy atom. The van der Waals surface area contributed by atoms with Crippen LogP contribution in [0.2, 0.25) is 0 Å². The lowest BCUT2D eigenvalue weighted by atomic mass is 10.1. The van der Waals surface area contributed by atoms with Crippen molar-refractivity contribution >= 4 is 5.82 Å². The number of aliphatic hydroxyl groups is 1. The van der Waals surface area contributed by atoms with Crippen molar-refractivity contribution in [2.75, 3.05) is 52.5 Å². The number of pyridine rings is 1. The molecule has 1 fully saturated rings. The molecule has 0 saturated carbocycles. The molecule has 1 aromatic carbocycles. The fourth-order valence-corrected chi connectivity index (χ4v) is 4.04. The first kappa shape index (κ1) is 24.8. The second-order valence-electron chi connectivity index (χ2n) is 8.53. The van der Waals surface area contributed by atoms with E-state index in [4.69, 9.17) is 24.2 Å². The molecule has 2 aromatic heterocycles. The number of nitrogens with one attached hydrogen (secondary N) is 1. The van der Waals surface area contributed by atoms with Crippen LogP contribution in [0.15, 0.2) is 48.7 Å². The molecule has 2 N–H and O–H groups in total. The summed E-state index contributed by atoms with van der Waals surface area (Å²) >= 11 is 0. The zero-order valence-electron chi connectivity index (χ0n) is 20.5. The van der Waals surface area contributed by atoms with Gasteiger partial charge in [0.1, 0.15) is 24.3 Å². The Hall–Kier alpha value is -3.27. The van der Waals surface area contributed by atoms with E-state index in [1.165, 1.54) is 0 Å². The van der Waals surface area contributed by atoms with Crippen LogP contribution in [0.4, 0.5) is 5.82 Å². The molecule has 1 atom stereocenters. The van der Waals surface area contributed by atoms with E-state index in [0.29, 0.717) is 30.0 Å². The van der Waals surface area contributed by atoms with Crippen LogP contribution in [0, 0.1) is 0 Å². The van der Waals surface area contributed by atoms with Gasteiger partial charge in [0, 0.05) is 62.3 Å². The minimum atomic E-state index is -0.593. The molecule has 0 spiro atoms. The van der Waals surface area contributed by atoms with Crippen LogP contribution < -0.4 is 19.7 Å². The molecule has 1 unspecified atom stereocenters. The van der Waals surface area contributed by atoms with Crippen molar-refractivity contribution in [3.05, 3.63) is 48.7 Å². The van der Waals surface area contributed by atoms with E-state index in [-0.39, 0.29) is 6.61 Å². The number of likely N-dealkylation sites (N-methyl/N-ethyl adjacent to an activating group) is 1. The van der Waals surface area contributed by atoms with Gasteiger partial charge in [-0.2, -0.15) is 0 Å². The number of ether oxygens (including phenoxy) is 3. The molecule has 3 heterocycles. The lowest BCUT2D eigenvalue weighted by Crippen LogP contribution is -2.37. The first-order valence-electron chi connectivity index (χ1n) is 11.8. The Kier molecular flexibility index (Phi) is 8.46. The van der Waals surface area contributed by atoms with Crippen molar-refractivity contribution in [1.29, 1.82) is 0 Å². The fraction of sp³-hybridized carbons (Fsp3) is 0.423. The highest BCUT2D eigenvalue weighted by Crippen LogP contribution is 2.30. The van der Waals surface area contributed by atoms with E-state index in [0.717, 1.165) is 48.7 Å². The largest absolute Gasteiger partial charge is 0.491 e. The van der Waals surface area contributed by atoms with Gasteiger partial charge in [0.2, 0.25) is 5.88 Å². The highest BCUT2D eigenvalue weighted by atomic mass is 16.5. The van der Waals surface area contributed by atoms with Crippen molar-refractivity contribution in [1.82, 2.24) is 20.3 Å². The van der Waals surface area contributed by atoms with Crippen LogP contribution >= 0.6 is 0 Å². The Bertz CT molecular complexity index is 1110. The molecule has 0 amide bonds. The number of hydrogen-bond acceptors (Lipinski definition) is 9. The topological polar surface area (TPSA) is 102 Å². The number of aromatic nitrogens is 3. The summed E-state index contributed by atoms with van der Waals surface area (Å²) in [6.45, 7) is 2.15. The smallest absolute Gasteiger partial charge is 0.213 e. The van der Waals surface area contributed by atoms with E-state index in [1.54, 1.807) is 20.4 Å². The van der Waals surface area contributed by atoms with Gasteiger partial charge < -0.3 is 29.5 Å². The Balaban J connectivity index is 1.69. The quantitative estimate of drug-likeness (QED) is 0.454. The molecular weight excluding hydrogens is 446 g/mol. The van der Waals surface area contributed by atoms with Crippen molar-refractivity contribution in [3.63, 3.8) is 0 Å². The van der Waals surface area contributed by atoms with Gasteiger partial charge in [0.15, 0.2) is 5.82 Å². The molecule has 9 nitrogen and oxygen atoms in total. The summed E-state index contributed by atoms with van der Waals surface area (Å²) in [6.07, 6.45) is 3.02. The van der Waals surface area contributed by atoms with Gasteiger partial charge >= 0.3 is 0 Å². The van der Waals surface area contributed by atoms with Crippen LogP contribution in [-0.2, 0) is 4.74 Å². The Morgan fingerprint density at radius 1 is 1.14 bits per heavy atom. The monoisotopic (exact) mass is 479 g/mol. The van der Waals surface area contributed by atoms with Crippen LogP contribution in [0.5, 0.6) is 11.6 Å².